The maximum atomic E-state index is 13.0. The first-order chi connectivity index (χ1) is 8.50. The third-order valence-electron chi connectivity index (χ3n) is 2.81. The van der Waals surface area contributed by atoms with E-state index in [2.05, 4.69) is 15.4 Å². The van der Waals surface area contributed by atoms with Crippen LogP contribution in [0.4, 0.5) is 10.3 Å². The van der Waals surface area contributed by atoms with Gasteiger partial charge in [0, 0.05) is 13.2 Å². The Hall–Kier alpha value is -1.69. The van der Waals surface area contributed by atoms with Crippen LogP contribution < -0.4 is 5.32 Å². The zero-order chi connectivity index (χ0) is 13.2. The number of aliphatic hydroxyl groups is 1. The van der Waals surface area contributed by atoms with Gasteiger partial charge in [-0.3, -0.25) is 0 Å². The molecular weight excluding hydrogens is 235 g/mol. The van der Waals surface area contributed by atoms with Crippen molar-refractivity contribution >= 4 is 11.6 Å². The maximum absolute atomic E-state index is 13.0. The number of hydrogen-bond acceptors (Lipinski definition) is 4. The Morgan fingerprint density at radius 1 is 1.44 bits per heavy atom. The van der Waals surface area contributed by atoms with Crippen molar-refractivity contribution in [3.63, 3.8) is 0 Å². The van der Waals surface area contributed by atoms with Gasteiger partial charge in [-0.05, 0) is 24.0 Å². The quantitative estimate of drug-likeness (QED) is 0.850. The molecule has 0 aliphatic heterocycles. The smallest absolute Gasteiger partial charge is 0.243 e. The lowest BCUT2D eigenvalue weighted by atomic mass is 9.90. The topological polar surface area (TPSA) is 62.5 Å². The van der Waals surface area contributed by atoms with Gasteiger partial charge in [0.1, 0.15) is 5.82 Å². The normalized spacial score (nSPS) is 12.0. The standard InChI is InChI=1S/C12H17FN4O/c1-12(2,5-6-18)8-14-11-15-10-4-3-9(13)7-17(10)16-11/h3-4,7,18H,5-6,8H2,1-2H3,(H,14,16). The highest BCUT2D eigenvalue weighted by atomic mass is 19.1. The zero-order valence-electron chi connectivity index (χ0n) is 10.5. The summed E-state index contributed by atoms with van der Waals surface area (Å²) in [5.41, 5.74) is 0.552. The van der Waals surface area contributed by atoms with Gasteiger partial charge in [-0.15, -0.1) is 5.10 Å². The molecule has 0 aromatic carbocycles. The summed E-state index contributed by atoms with van der Waals surface area (Å²) < 4.78 is 14.4. The van der Waals surface area contributed by atoms with Crippen molar-refractivity contribution in [2.45, 2.75) is 20.3 Å². The summed E-state index contributed by atoms with van der Waals surface area (Å²) in [6, 6.07) is 2.93. The van der Waals surface area contributed by atoms with E-state index in [1.807, 2.05) is 13.8 Å². The van der Waals surface area contributed by atoms with Gasteiger partial charge >= 0.3 is 0 Å². The number of nitrogens with one attached hydrogen (secondary N) is 1. The molecule has 0 saturated heterocycles. The molecule has 0 atom stereocenters. The number of aliphatic hydroxyl groups excluding tert-OH is 1. The van der Waals surface area contributed by atoms with Crippen LogP contribution in [0.5, 0.6) is 0 Å². The van der Waals surface area contributed by atoms with Crippen LogP contribution in [-0.2, 0) is 0 Å². The molecule has 2 heterocycles. The Morgan fingerprint density at radius 3 is 2.94 bits per heavy atom. The average Bonchev–Trinajstić information content (AvgIpc) is 2.68. The molecule has 0 amide bonds. The summed E-state index contributed by atoms with van der Waals surface area (Å²) in [7, 11) is 0. The van der Waals surface area contributed by atoms with E-state index in [0.717, 1.165) is 0 Å². The van der Waals surface area contributed by atoms with Gasteiger partial charge in [0.25, 0.3) is 0 Å². The van der Waals surface area contributed by atoms with Crippen LogP contribution in [0.2, 0.25) is 0 Å². The minimum absolute atomic E-state index is 0.0442. The van der Waals surface area contributed by atoms with Gasteiger partial charge < -0.3 is 10.4 Å². The number of nitrogens with zero attached hydrogens (tertiary/aromatic N) is 3. The van der Waals surface area contributed by atoms with Gasteiger partial charge in [-0.1, -0.05) is 13.8 Å². The van der Waals surface area contributed by atoms with E-state index in [1.165, 1.54) is 16.8 Å². The molecule has 0 saturated carbocycles. The molecule has 0 fully saturated rings. The predicted molar refractivity (Wildman–Crippen MR) is 66.9 cm³/mol. The first-order valence-electron chi connectivity index (χ1n) is 5.87. The van der Waals surface area contributed by atoms with Crippen LogP contribution in [0.25, 0.3) is 5.65 Å². The number of halogens is 1. The van der Waals surface area contributed by atoms with Gasteiger partial charge in [0.15, 0.2) is 5.65 Å². The first kappa shape index (κ1) is 12.8. The fourth-order valence-corrected chi connectivity index (χ4v) is 1.64. The van der Waals surface area contributed by atoms with Crippen molar-refractivity contribution in [2.75, 3.05) is 18.5 Å². The highest BCUT2D eigenvalue weighted by Gasteiger charge is 2.17. The van der Waals surface area contributed by atoms with Crippen LogP contribution in [-0.4, -0.2) is 32.9 Å². The molecule has 5 nitrogen and oxygen atoms in total. The average molecular weight is 252 g/mol. The van der Waals surface area contributed by atoms with E-state index in [0.29, 0.717) is 24.6 Å². The number of aromatic nitrogens is 3. The third kappa shape index (κ3) is 2.95. The van der Waals surface area contributed by atoms with Gasteiger partial charge in [0.05, 0.1) is 6.20 Å². The van der Waals surface area contributed by atoms with Crippen molar-refractivity contribution in [3.8, 4) is 0 Å². The van der Waals surface area contributed by atoms with E-state index >= 15 is 0 Å². The second-order valence-corrected chi connectivity index (χ2v) is 5.08. The fraction of sp³-hybridized carbons (Fsp3) is 0.500. The highest BCUT2D eigenvalue weighted by Crippen LogP contribution is 2.20. The Labute approximate surface area is 105 Å². The molecule has 2 rings (SSSR count). The molecule has 2 aromatic rings. The molecule has 18 heavy (non-hydrogen) atoms. The van der Waals surface area contributed by atoms with E-state index < -0.39 is 0 Å². The summed E-state index contributed by atoms with van der Waals surface area (Å²) in [4.78, 5) is 4.23. The lowest BCUT2D eigenvalue weighted by Gasteiger charge is -2.23. The minimum atomic E-state index is -0.348. The van der Waals surface area contributed by atoms with E-state index in [9.17, 15) is 4.39 Å². The Kier molecular flexibility index (Phi) is 3.47. The van der Waals surface area contributed by atoms with E-state index in [4.69, 9.17) is 5.11 Å². The Morgan fingerprint density at radius 2 is 2.22 bits per heavy atom. The maximum Gasteiger partial charge on any atom is 0.243 e. The number of fused-ring (bicyclic) bond motifs is 1. The monoisotopic (exact) mass is 252 g/mol. The van der Waals surface area contributed by atoms with Crippen molar-refractivity contribution < 1.29 is 9.50 Å². The molecular formula is C12H17FN4O. The van der Waals surface area contributed by atoms with Crippen molar-refractivity contribution in [3.05, 3.63) is 24.1 Å². The van der Waals surface area contributed by atoms with Gasteiger partial charge in [-0.2, -0.15) is 4.98 Å². The SMILES string of the molecule is CC(C)(CCO)CNc1nc2ccc(F)cn2n1. The second kappa shape index (κ2) is 4.89. The fourth-order valence-electron chi connectivity index (χ4n) is 1.64. The van der Waals surface area contributed by atoms with E-state index in [-0.39, 0.29) is 17.8 Å². The molecule has 0 spiro atoms. The number of hydrogen-bond donors (Lipinski definition) is 2. The zero-order valence-corrected chi connectivity index (χ0v) is 10.5. The van der Waals surface area contributed by atoms with Crippen LogP contribution in [0.1, 0.15) is 20.3 Å². The molecule has 0 unspecified atom stereocenters. The summed E-state index contributed by atoms with van der Waals surface area (Å²) in [5, 5.41) is 16.2. The summed E-state index contributed by atoms with van der Waals surface area (Å²) in [5.74, 6) is 0.117. The summed E-state index contributed by atoms with van der Waals surface area (Å²) in [6.07, 6.45) is 1.98. The molecule has 0 aliphatic rings. The lowest BCUT2D eigenvalue weighted by Crippen LogP contribution is -2.24. The Bertz CT molecular complexity index is 538. The van der Waals surface area contributed by atoms with Gasteiger partial charge in [0.2, 0.25) is 5.95 Å². The minimum Gasteiger partial charge on any atom is -0.396 e. The molecule has 0 aliphatic carbocycles. The summed E-state index contributed by atoms with van der Waals surface area (Å²) >= 11 is 0. The number of anilines is 1. The van der Waals surface area contributed by atoms with Crippen molar-refractivity contribution in [1.82, 2.24) is 14.6 Å². The molecule has 0 bridgehead atoms. The van der Waals surface area contributed by atoms with Crippen molar-refractivity contribution in [1.29, 1.82) is 0 Å². The summed E-state index contributed by atoms with van der Waals surface area (Å²) in [6.45, 7) is 4.89. The Balaban J connectivity index is 2.08. The highest BCUT2D eigenvalue weighted by molar-refractivity contribution is 5.43. The van der Waals surface area contributed by atoms with Crippen molar-refractivity contribution in [2.24, 2.45) is 5.41 Å². The molecule has 2 aromatic heterocycles. The second-order valence-electron chi connectivity index (χ2n) is 5.08. The van der Waals surface area contributed by atoms with Crippen LogP contribution in [0.3, 0.4) is 0 Å². The third-order valence-corrected chi connectivity index (χ3v) is 2.81. The van der Waals surface area contributed by atoms with Crippen LogP contribution in [0.15, 0.2) is 18.3 Å². The molecule has 0 radical (unpaired) electrons. The number of pyridine rings is 1. The number of rotatable bonds is 5. The molecule has 98 valence electrons. The lowest BCUT2D eigenvalue weighted by molar-refractivity contribution is 0.220. The van der Waals surface area contributed by atoms with Gasteiger partial charge in [-0.25, -0.2) is 8.91 Å². The van der Waals surface area contributed by atoms with E-state index in [1.54, 1.807) is 6.07 Å². The first-order valence-corrected chi connectivity index (χ1v) is 5.87. The predicted octanol–water partition coefficient (Wildman–Crippen LogP) is 1.69. The molecule has 6 heteroatoms. The van der Waals surface area contributed by atoms with Crippen LogP contribution in [0, 0.1) is 11.2 Å². The molecule has 2 N–H and O–H groups in total. The largest absolute Gasteiger partial charge is 0.396 e. The van der Waals surface area contributed by atoms with Crippen LogP contribution >= 0.6 is 0 Å².